The highest BCUT2D eigenvalue weighted by molar-refractivity contribution is 7.92. The maximum atomic E-state index is 13.5. The van der Waals surface area contributed by atoms with Gasteiger partial charge in [-0.1, -0.05) is 48.2 Å². The number of carbonyl (C=O) groups is 2. The monoisotopic (exact) mass is 581 g/mol. The van der Waals surface area contributed by atoms with Crippen molar-refractivity contribution in [2.75, 3.05) is 17.1 Å². The van der Waals surface area contributed by atoms with Gasteiger partial charge in [0.15, 0.2) is 0 Å². The van der Waals surface area contributed by atoms with Crippen LogP contribution in [-0.4, -0.2) is 50.0 Å². The minimum atomic E-state index is -3.56. The standard InChI is InChI=1S/C28H37Cl2N3O4S/c1-19-15-20(2)17-23(16-19)33(38(4,36)37)14-8-13-27(34)32(18-24-25(29)11-7-12-26(24)30)21(3)28(35)31-22-9-5-6-10-22/h7,11-12,15-17,21-22H,5-6,8-10,13-14,18H2,1-4H3,(H,31,35)/t21-/m1/s1. The number of amides is 2. The molecule has 0 aromatic heterocycles. The first-order chi connectivity index (χ1) is 17.9. The van der Waals surface area contributed by atoms with Crippen LogP contribution in [0.3, 0.4) is 0 Å². The number of hydrogen-bond acceptors (Lipinski definition) is 4. The molecule has 0 radical (unpaired) electrons. The highest BCUT2D eigenvalue weighted by Gasteiger charge is 2.29. The normalized spacial score (nSPS) is 14.8. The second kappa shape index (κ2) is 13.2. The minimum Gasteiger partial charge on any atom is -0.352 e. The molecule has 0 aliphatic heterocycles. The van der Waals surface area contributed by atoms with E-state index in [2.05, 4.69) is 5.32 Å². The molecule has 0 spiro atoms. The first kappa shape index (κ1) is 30.3. The average Bonchev–Trinajstić information content (AvgIpc) is 3.32. The van der Waals surface area contributed by atoms with E-state index in [0.717, 1.165) is 43.1 Å². The third-order valence-corrected chi connectivity index (χ3v) is 8.81. The summed E-state index contributed by atoms with van der Waals surface area (Å²) < 4.78 is 26.5. The SMILES string of the molecule is Cc1cc(C)cc(N(CCCC(=O)N(Cc2c(Cl)cccc2Cl)[C@H](C)C(=O)NC2CCCC2)S(C)(=O)=O)c1. The molecule has 1 aliphatic carbocycles. The third kappa shape index (κ3) is 8.10. The Labute approximate surface area is 236 Å². The van der Waals surface area contributed by atoms with Crippen LogP contribution < -0.4 is 9.62 Å². The van der Waals surface area contributed by atoms with Crippen molar-refractivity contribution in [3.8, 4) is 0 Å². The Morgan fingerprint density at radius 2 is 1.63 bits per heavy atom. The summed E-state index contributed by atoms with van der Waals surface area (Å²) >= 11 is 12.8. The summed E-state index contributed by atoms with van der Waals surface area (Å²) in [6.07, 6.45) is 5.52. The van der Waals surface area contributed by atoms with Gasteiger partial charge in [0.05, 0.1) is 11.9 Å². The van der Waals surface area contributed by atoms with E-state index in [4.69, 9.17) is 23.2 Å². The van der Waals surface area contributed by atoms with Gasteiger partial charge in [0.25, 0.3) is 0 Å². The molecule has 7 nitrogen and oxygen atoms in total. The lowest BCUT2D eigenvalue weighted by molar-refractivity contribution is -0.140. The van der Waals surface area contributed by atoms with Gasteiger partial charge in [-0.3, -0.25) is 13.9 Å². The van der Waals surface area contributed by atoms with Crippen LogP contribution in [0.5, 0.6) is 0 Å². The number of benzene rings is 2. The molecule has 1 atom stereocenters. The van der Waals surface area contributed by atoms with Crippen molar-refractivity contribution in [3.63, 3.8) is 0 Å². The first-order valence-corrected chi connectivity index (χ1v) is 15.6. The molecule has 0 bridgehead atoms. The van der Waals surface area contributed by atoms with Crippen molar-refractivity contribution in [1.82, 2.24) is 10.2 Å². The van der Waals surface area contributed by atoms with Crippen LogP contribution in [0.4, 0.5) is 5.69 Å². The quantitative estimate of drug-likeness (QED) is 0.372. The Balaban J connectivity index is 1.77. The molecule has 1 aliphatic rings. The van der Waals surface area contributed by atoms with E-state index in [1.807, 2.05) is 32.0 Å². The number of anilines is 1. The van der Waals surface area contributed by atoms with Crippen molar-refractivity contribution in [3.05, 3.63) is 63.1 Å². The van der Waals surface area contributed by atoms with Crippen LogP contribution in [-0.2, 0) is 26.2 Å². The van der Waals surface area contributed by atoms with E-state index < -0.39 is 16.1 Å². The summed E-state index contributed by atoms with van der Waals surface area (Å²) in [5, 5.41) is 3.90. The zero-order valence-corrected chi connectivity index (χ0v) is 24.8. The van der Waals surface area contributed by atoms with Crippen molar-refractivity contribution < 1.29 is 18.0 Å². The fourth-order valence-corrected chi connectivity index (χ4v) is 6.39. The molecule has 38 heavy (non-hydrogen) atoms. The summed E-state index contributed by atoms with van der Waals surface area (Å²) in [6.45, 7) is 5.73. The largest absolute Gasteiger partial charge is 0.352 e. The van der Waals surface area contributed by atoms with Crippen LogP contribution >= 0.6 is 23.2 Å². The number of rotatable bonds is 11. The molecule has 0 heterocycles. The van der Waals surface area contributed by atoms with E-state index in [1.54, 1.807) is 25.1 Å². The van der Waals surface area contributed by atoms with Crippen molar-refractivity contribution >= 4 is 50.7 Å². The Kier molecular flexibility index (Phi) is 10.5. The van der Waals surface area contributed by atoms with E-state index >= 15 is 0 Å². The average molecular weight is 583 g/mol. The lowest BCUT2D eigenvalue weighted by Gasteiger charge is -2.31. The molecular weight excluding hydrogens is 545 g/mol. The summed E-state index contributed by atoms with van der Waals surface area (Å²) in [4.78, 5) is 28.1. The van der Waals surface area contributed by atoms with Gasteiger partial charge >= 0.3 is 0 Å². The molecule has 0 saturated heterocycles. The highest BCUT2D eigenvalue weighted by Crippen LogP contribution is 2.28. The van der Waals surface area contributed by atoms with Gasteiger partial charge < -0.3 is 10.2 Å². The summed E-state index contributed by atoms with van der Waals surface area (Å²) in [6, 6.07) is 10.1. The van der Waals surface area contributed by atoms with E-state index in [1.165, 1.54) is 9.21 Å². The number of sulfonamides is 1. The third-order valence-electron chi connectivity index (χ3n) is 6.91. The predicted octanol–water partition coefficient (Wildman–Crippen LogP) is 5.63. The molecule has 2 aromatic rings. The Hall–Kier alpha value is -2.29. The zero-order chi connectivity index (χ0) is 28.0. The number of nitrogens with one attached hydrogen (secondary N) is 1. The maximum absolute atomic E-state index is 13.5. The van der Waals surface area contributed by atoms with Crippen molar-refractivity contribution in [2.45, 2.75) is 77.9 Å². The Morgan fingerprint density at radius 1 is 1.05 bits per heavy atom. The van der Waals surface area contributed by atoms with E-state index in [0.29, 0.717) is 21.3 Å². The molecule has 2 amide bonds. The number of halogens is 2. The lowest BCUT2D eigenvalue weighted by atomic mass is 10.1. The number of aryl methyl sites for hydroxylation is 2. The summed E-state index contributed by atoms with van der Waals surface area (Å²) in [5.41, 5.74) is 3.04. The van der Waals surface area contributed by atoms with Crippen molar-refractivity contribution in [2.24, 2.45) is 0 Å². The molecule has 1 fully saturated rings. The summed E-state index contributed by atoms with van der Waals surface area (Å²) in [7, 11) is -3.56. The number of carbonyl (C=O) groups excluding carboxylic acids is 2. The van der Waals surface area contributed by atoms with Gasteiger partial charge in [0.1, 0.15) is 6.04 Å². The second-order valence-electron chi connectivity index (χ2n) is 10.2. The van der Waals surface area contributed by atoms with Crippen LogP contribution in [0.15, 0.2) is 36.4 Å². The van der Waals surface area contributed by atoms with Crippen LogP contribution in [0, 0.1) is 13.8 Å². The summed E-state index contributed by atoms with van der Waals surface area (Å²) in [5.74, 6) is -0.495. The molecule has 2 aromatic carbocycles. The minimum absolute atomic E-state index is 0.0555. The van der Waals surface area contributed by atoms with Crippen molar-refractivity contribution in [1.29, 1.82) is 0 Å². The van der Waals surface area contributed by atoms with Gasteiger partial charge in [0, 0.05) is 41.2 Å². The van der Waals surface area contributed by atoms with E-state index in [9.17, 15) is 18.0 Å². The molecule has 3 rings (SSSR count). The molecule has 1 saturated carbocycles. The predicted molar refractivity (Wildman–Crippen MR) is 154 cm³/mol. The molecule has 208 valence electrons. The highest BCUT2D eigenvalue weighted by atomic mass is 35.5. The van der Waals surface area contributed by atoms with Gasteiger partial charge in [-0.15, -0.1) is 0 Å². The second-order valence-corrected chi connectivity index (χ2v) is 12.9. The first-order valence-electron chi connectivity index (χ1n) is 13.0. The number of nitrogens with zero attached hydrogens (tertiary/aromatic N) is 2. The van der Waals surface area contributed by atoms with Crippen LogP contribution in [0.2, 0.25) is 10.0 Å². The topological polar surface area (TPSA) is 86.8 Å². The number of hydrogen-bond donors (Lipinski definition) is 1. The fraction of sp³-hybridized carbons (Fsp3) is 0.500. The van der Waals surface area contributed by atoms with Gasteiger partial charge in [-0.25, -0.2) is 8.42 Å². The van der Waals surface area contributed by atoms with Gasteiger partial charge in [-0.2, -0.15) is 0 Å². The Morgan fingerprint density at radius 3 is 2.18 bits per heavy atom. The van der Waals surface area contributed by atoms with Gasteiger partial charge in [-0.05, 0) is 75.4 Å². The van der Waals surface area contributed by atoms with E-state index in [-0.39, 0.29) is 43.8 Å². The smallest absolute Gasteiger partial charge is 0.242 e. The van der Waals surface area contributed by atoms with Crippen LogP contribution in [0.1, 0.15) is 62.1 Å². The fourth-order valence-electron chi connectivity index (χ4n) is 4.93. The molecular formula is C28H37Cl2N3O4S. The molecule has 1 N–H and O–H groups in total. The maximum Gasteiger partial charge on any atom is 0.242 e. The lowest BCUT2D eigenvalue weighted by Crippen LogP contribution is -2.49. The zero-order valence-electron chi connectivity index (χ0n) is 22.5. The molecule has 10 heteroatoms. The molecule has 0 unspecified atom stereocenters. The Bertz CT molecular complexity index is 1220. The van der Waals surface area contributed by atoms with Gasteiger partial charge in [0.2, 0.25) is 21.8 Å². The van der Waals surface area contributed by atoms with Crippen LogP contribution in [0.25, 0.3) is 0 Å².